The zero-order valence-corrected chi connectivity index (χ0v) is 15.8. The highest BCUT2D eigenvalue weighted by Gasteiger charge is 2.37. The first kappa shape index (κ1) is 18.5. The van der Waals surface area contributed by atoms with Crippen molar-refractivity contribution in [1.82, 2.24) is 14.2 Å². The van der Waals surface area contributed by atoms with Crippen LogP contribution < -0.4 is 0 Å². The van der Waals surface area contributed by atoms with Crippen LogP contribution in [-0.4, -0.2) is 65.8 Å². The number of hydrogen-bond acceptors (Lipinski definition) is 7. The van der Waals surface area contributed by atoms with Crippen LogP contribution in [0.1, 0.15) is 32.4 Å². The maximum absolute atomic E-state index is 12.9. The van der Waals surface area contributed by atoms with E-state index in [2.05, 4.69) is 4.98 Å². The minimum absolute atomic E-state index is 0.0425. The summed E-state index contributed by atoms with van der Waals surface area (Å²) in [6, 6.07) is 0. The summed E-state index contributed by atoms with van der Waals surface area (Å²) in [7, 11) is -4.04. The normalized spacial score (nSPS) is 16.0. The summed E-state index contributed by atoms with van der Waals surface area (Å²) in [5, 5.41) is 11.0. The number of aromatic nitrogens is 1. The highest BCUT2D eigenvalue weighted by Crippen LogP contribution is 2.30. The van der Waals surface area contributed by atoms with Gasteiger partial charge in [-0.25, -0.2) is 18.2 Å². The highest BCUT2D eigenvalue weighted by atomic mass is 32.2. The molecule has 2 aromatic rings. The number of rotatable bonds is 4. The monoisotopic (exact) mass is 399 g/mol. The van der Waals surface area contributed by atoms with E-state index in [9.17, 15) is 23.1 Å². The number of carboxylic acids is 1. The fourth-order valence-corrected chi connectivity index (χ4v) is 5.28. The molecular weight excluding hydrogens is 382 g/mol. The van der Waals surface area contributed by atoms with Crippen LogP contribution in [0.15, 0.2) is 20.2 Å². The summed E-state index contributed by atoms with van der Waals surface area (Å²) in [5.41, 5.74) is 1.55. The Morgan fingerprint density at radius 3 is 2.38 bits per heavy atom. The minimum Gasteiger partial charge on any atom is -0.478 e. The Morgan fingerprint density at radius 2 is 1.85 bits per heavy atom. The molecule has 140 valence electrons. The number of furan rings is 1. The van der Waals surface area contributed by atoms with Crippen molar-refractivity contribution in [2.45, 2.75) is 18.7 Å². The fraction of sp³-hybridized carbons (Fsp3) is 0.400. The lowest BCUT2D eigenvalue weighted by molar-refractivity contribution is 0.0688. The first-order chi connectivity index (χ1) is 12.2. The number of amides is 1. The van der Waals surface area contributed by atoms with Gasteiger partial charge in [-0.15, -0.1) is 11.3 Å². The second kappa shape index (κ2) is 6.82. The molecule has 1 amide bonds. The van der Waals surface area contributed by atoms with Gasteiger partial charge in [0.1, 0.15) is 27.7 Å². The quantitative estimate of drug-likeness (QED) is 0.820. The van der Waals surface area contributed by atoms with Gasteiger partial charge in [0.05, 0.1) is 5.51 Å². The molecule has 26 heavy (non-hydrogen) atoms. The maximum Gasteiger partial charge on any atom is 0.340 e. The van der Waals surface area contributed by atoms with E-state index < -0.39 is 16.0 Å². The molecule has 11 heteroatoms. The average molecular weight is 399 g/mol. The summed E-state index contributed by atoms with van der Waals surface area (Å²) in [6.45, 7) is 3.39. The molecule has 1 fully saturated rings. The number of aryl methyl sites for hydroxylation is 2. The Balaban J connectivity index is 1.81. The van der Waals surface area contributed by atoms with Gasteiger partial charge in [-0.05, 0) is 13.8 Å². The molecule has 0 aliphatic carbocycles. The van der Waals surface area contributed by atoms with Crippen molar-refractivity contribution < 1.29 is 27.5 Å². The zero-order chi connectivity index (χ0) is 19.1. The number of thiazole rings is 1. The highest BCUT2D eigenvalue weighted by molar-refractivity contribution is 7.89. The molecule has 0 atom stereocenters. The Bertz CT molecular complexity index is 940. The summed E-state index contributed by atoms with van der Waals surface area (Å²) in [4.78, 5) is 28.9. The van der Waals surface area contributed by atoms with Gasteiger partial charge in [0, 0.05) is 31.6 Å². The van der Waals surface area contributed by atoms with E-state index >= 15 is 0 Å². The molecule has 0 radical (unpaired) electrons. The maximum atomic E-state index is 12.9. The smallest absolute Gasteiger partial charge is 0.340 e. The lowest BCUT2D eigenvalue weighted by atomic mass is 10.2. The second-order valence-corrected chi connectivity index (χ2v) is 8.39. The average Bonchev–Trinajstić information content (AvgIpc) is 3.22. The summed E-state index contributed by atoms with van der Waals surface area (Å²) >= 11 is 1.31. The number of piperazine rings is 1. The molecule has 1 N–H and O–H groups in total. The van der Waals surface area contributed by atoms with Crippen LogP contribution in [0, 0.1) is 13.8 Å². The van der Waals surface area contributed by atoms with Crippen molar-refractivity contribution in [1.29, 1.82) is 0 Å². The first-order valence-corrected chi connectivity index (χ1v) is 10.1. The van der Waals surface area contributed by atoms with Gasteiger partial charge in [0.25, 0.3) is 5.91 Å². The van der Waals surface area contributed by atoms with Gasteiger partial charge < -0.3 is 14.4 Å². The number of carboxylic acid groups (broad SMARTS) is 1. The van der Waals surface area contributed by atoms with Gasteiger partial charge in [-0.1, -0.05) is 0 Å². The van der Waals surface area contributed by atoms with Crippen molar-refractivity contribution in [3.63, 3.8) is 0 Å². The minimum atomic E-state index is -4.04. The van der Waals surface area contributed by atoms with Crippen molar-refractivity contribution in [2.75, 3.05) is 26.2 Å². The van der Waals surface area contributed by atoms with Crippen molar-refractivity contribution in [3.05, 3.63) is 33.7 Å². The third-order valence-electron chi connectivity index (χ3n) is 4.19. The van der Waals surface area contributed by atoms with Crippen LogP contribution >= 0.6 is 11.3 Å². The molecular formula is C15H17N3O6S2. The van der Waals surface area contributed by atoms with Crippen LogP contribution in [0.2, 0.25) is 0 Å². The van der Waals surface area contributed by atoms with Gasteiger partial charge in [-0.3, -0.25) is 4.79 Å². The third-order valence-corrected chi connectivity index (χ3v) is 6.83. The van der Waals surface area contributed by atoms with Crippen LogP contribution in [-0.2, 0) is 10.0 Å². The topological polar surface area (TPSA) is 121 Å². The molecule has 3 rings (SSSR count). The summed E-state index contributed by atoms with van der Waals surface area (Å²) in [5.74, 6) is -1.51. The van der Waals surface area contributed by atoms with Crippen LogP contribution in [0.25, 0.3) is 0 Å². The number of carbonyl (C=O) groups is 2. The fourth-order valence-electron chi connectivity index (χ4n) is 2.96. The number of sulfonamides is 1. The molecule has 1 aliphatic heterocycles. The van der Waals surface area contributed by atoms with Gasteiger partial charge in [0.2, 0.25) is 10.0 Å². The largest absolute Gasteiger partial charge is 0.478 e. The van der Waals surface area contributed by atoms with Crippen molar-refractivity contribution >= 4 is 33.2 Å². The van der Waals surface area contributed by atoms with E-state index in [1.807, 2.05) is 0 Å². The SMILES string of the molecule is Cc1oc(C)c(S(=O)(=O)N2CCN(C(=O)c3cscn3)CC2)c1C(=O)O. The number of nitrogens with zero attached hydrogens (tertiary/aromatic N) is 3. The lowest BCUT2D eigenvalue weighted by Gasteiger charge is -2.33. The molecule has 9 nitrogen and oxygen atoms in total. The van der Waals surface area contributed by atoms with E-state index in [1.54, 1.807) is 10.9 Å². The Labute approximate surface area is 153 Å². The van der Waals surface area contributed by atoms with Gasteiger partial charge in [-0.2, -0.15) is 4.31 Å². The first-order valence-electron chi connectivity index (χ1n) is 7.74. The molecule has 2 aromatic heterocycles. The third kappa shape index (κ3) is 3.13. The van der Waals surface area contributed by atoms with Gasteiger partial charge in [0.15, 0.2) is 0 Å². The standard InChI is InChI=1S/C15H17N3O6S2/c1-9-12(15(20)21)13(10(2)24-9)26(22,23)18-5-3-17(4-6-18)14(19)11-7-25-8-16-11/h7-8H,3-6H2,1-2H3,(H,20,21). The molecule has 0 bridgehead atoms. The lowest BCUT2D eigenvalue weighted by Crippen LogP contribution is -2.50. The number of aromatic carboxylic acids is 1. The Kier molecular flexibility index (Phi) is 4.86. The number of carbonyl (C=O) groups excluding carboxylic acids is 1. The second-order valence-electron chi connectivity index (χ2n) is 5.79. The van der Waals surface area contributed by atoms with E-state index in [-0.39, 0.29) is 54.1 Å². The zero-order valence-electron chi connectivity index (χ0n) is 14.1. The Hall–Kier alpha value is -2.24. The Morgan fingerprint density at radius 1 is 1.19 bits per heavy atom. The molecule has 1 saturated heterocycles. The number of hydrogen-bond donors (Lipinski definition) is 1. The molecule has 0 unspecified atom stereocenters. The van der Waals surface area contributed by atoms with Crippen LogP contribution in [0.4, 0.5) is 0 Å². The predicted molar refractivity (Wildman–Crippen MR) is 91.9 cm³/mol. The van der Waals surface area contributed by atoms with E-state index in [0.29, 0.717) is 5.69 Å². The molecule has 0 spiro atoms. The molecule has 3 heterocycles. The van der Waals surface area contributed by atoms with Crippen molar-refractivity contribution in [2.24, 2.45) is 0 Å². The van der Waals surface area contributed by atoms with Crippen molar-refractivity contribution in [3.8, 4) is 0 Å². The van der Waals surface area contributed by atoms with E-state index in [4.69, 9.17) is 4.42 Å². The van der Waals surface area contributed by atoms with Gasteiger partial charge >= 0.3 is 5.97 Å². The van der Waals surface area contributed by atoms with E-state index in [0.717, 1.165) is 0 Å². The van der Waals surface area contributed by atoms with Crippen LogP contribution in [0.5, 0.6) is 0 Å². The summed E-state index contributed by atoms with van der Waals surface area (Å²) in [6.07, 6.45) is 0. The van der Waals surface area contributed by atoms with E-state index in [1.165, 1.54) is 34.4 Å². The van der Waals surface area contributed by atoms with Crippen LogP contribution in [0.3, 0.4) is 0 Å². The molecule has 0 saturated carbocycles. The predicted octanol–water partition coefficient (Wildman–Crippen LogP) is 1.20. The molecule has 0 aromatic carbocycles. The summed E-state index contributed by atoms with van der Waals surface area (Å²) < 4.78 is 32.3. The molecule has 1 aliphatic rings.